The molecule has 3 aromatic rings. The number of aliphatic hydroxyl groups excluding tert-OH is 1. The summed E-state index contributed by atoms with van der Waals surface area (Å²) in [5, 5.41) is 12.2. The molecule has 7 nitrogen and oxygen atoms in total. The van der Waals surface area contributed by atoms with Crippen LogP contribution in [-0.2, 0) is 16.0 Å². The Labute approximate surface area is 231 Å². The molecule has 5 rings (SSSR count). The summed E-state index contributed by atoms with van der Waals surface area (Å²) >= 11 is 3.66. The first-order chi connectivity index (χ1) is 18.5. The van der Waals surface area contributed by atoms with Crippen molar-refractivity contribution in [2.45, 2.75) is 43.4 Å². The molecule has 38 heavy (non-hydrogen) atoms. The van der Waals surface area contributed by atoms with Gasteiger partial charge in [0.25, 0.3) is 5.91 Å². The predicted molar refractivity (Wildman–Crippen MR) is 149 cm³/mol. The van der Waals surface area contributed by atoms with Gasteiger partial charge in [-0.1, -0.05) is 46.3 Å². The molecule has 1 saturated carbocycles. The van der Waals surface area contributed by atoms with Gasteiger partial charge in [-0.05, 0) is 66.4 Å². The van der Waals surface area contributed by atoms with E-state index >= 15 is 0 Å². The minimum atomic E-state index is -1.23. The highest BCUT2D eigenvalue weighted by Crippen LogP contribution is 2.44. The molecule has 8 heteroatoms. The van der Waals surface area contributed by atoms with Crippen molar-refractivity contribution in [1.82, 2.24) is 5.32 Å². The predicted octanol–water partition coefficient (Wildman–Crippen LogP) is 5.00. The van der Waals surface area contributed by atoms with Gasteiger partial charge in [-0.3, -0.25) is 4.79 Å². The highest BCUT2D eigenvalue weighted by atomic mass is 79.9. The summed E-state index contributed by atoms with van der Waals surface area (Å²) in [6.45, 7) is 0.512. The molecule has 0 aromatic heterocycles. The molecule has 3 aromatic carbocycles. The molecule has 0 spiro atoms. The molecular weight excluding hydrogens is 548 g/mol. The maximum absolute atomic E-state index is 14.1. The van der Waals surface area contributed by atoms with Crippen LogP contribution in [0.3, 0.4) is 0 Å². The molecule has 0 unspecified atom stereocenters. The summed E-state index contributed by atoms with van der Waals surface area (Å²) in [5.41, 5.74) is 1.29. The number of aliphatic imine (C=N–C) groups is 1. The number of hydrogen-bond donors (Lipinski definition) is 2. The lowest BCUT2D eigenvalue weighted by Crippen LogP contribution is -2.50. The summed E-state index contributed by atoms with van der Waals surface area (Å²) in [5.74, 6) is 1.62. The van der Waals surface area contributed by atoms with Gasteiger partial charge in [-0.15, -0.1) is 0 Å². The molecule has 2 aliphatic rings. The first kappa shape index (κ1) is 26.3. The third-order valence-electron chi connectivity index (χ3n) is 6.76. The van der Waals surface area contributed by atoms with E-state index in [0.29, 0.717) is 36.8 Å². The topological polar surface area (TPSA) is 89.4 Å². The zero-order valence-electron chi connectivity index (χ0n) is 21.2. The Morgan fingerprint density at radius 3 is 2.61 bits per heavy atom. The summed E-state index contributed by atoms with van der Waals surface area (Å²) < 4.78 is 18.6. The van der Waals surface area contributed by atoms with Gasteiger partial charge in [-0.2, -0.15) is 0 Å². The smallest absolute Gasteiger partial charge is 0.252 e. The fourth-order valence-electron chi connectivity index (χ4n) is 4.56. The third-order valence-corrected chi connectivity index (χ3v) is 7.53. The van der Waals surface area contributed by atoms with E-state index in [-0.39, 0.29) is 18.6 Å². The highest BCUT2D eigenvalue weighted by molar-refractivity contribution is 9.10. The number of hydrogen-bond acceptors (Lipinski definition) is 6. The molecule has 0 bridgehead atoms. The SMILES string of the molecule is COc1cccc([C@H]2OC(c3ccc(OCCCO)cc3)=N[C@@]2(Cc2ccccc2Br)C(=O)NC2CC2)c1. The van der Waals surface area contributed by atoms with Gasteiger partial charge in [0.2, 0.25) is 5.90 Å². The van der Waals surface area contributed by atoms with Gasteiger partial charge < -0.3 is 24.6 Å². The van der Waals surface area contributed by atoms with Gasteiger partial charge in [0.15, 0.2) is 11.6 Å². The van der Waals surface area contributed by atoms with Gasteiger partial charge in [0.05, 0.1) is 13.7 Å². The van der Waals surface area contributed by atoms with Crippen molar-refractivity contribution < 1.29 is 24.1 Å². The van der Waals surface area contributed by atoms with Crippen LogP contribution in [0.2, 0.25) is 0 Å². The van der Waals surface area contributed by atoms with Crippen LogP contribution in [0, 0.1) is 0 Å². The molecule has 0 radical (unpaired) electrons. The standard InChI is InChI=1S/C30H31BrN2O5/c1-36-25-8-4-7-21(18-25)27-30(29(35)32-23-12-13-23,19-22-6-2-3-9-26(22)31)33-28(38-27)20-10-14-24(15-11-20)37-17-5-16-34/h2-4,6-11,14-15,18,23,27,34H,5,12-13,16-17,19H2,1H3,(H,32,35)/t27-,30-/m1/s1. The van der Waals surface area contributed by atoms with Crippen molar-refractivity contribution in [1.29, 1.82) is 0 Å². The second kappa shape index (κ2) is 11.6. The minimum absolute atomic E-state index is 0.0803. The van der Waals surface area contributed by atoms with Crippen LogP contribution in [0.25, 0.3) is 0 Å². The van der Waals surface area contributed by atoms with Crippen LogP contribution in [-0.4, -0.2) is 48.8 Å². The molecule has 1 fully saturated rings. The molecule has 1 aliphatic heterocycles. The highest BCUT2D eigenvalue weighted by Gasteiger charge is 2.54. The van der Waals surface area contributed by atoms with Crippen LogP contribution >= 0.6 is 15.9 Å². The number of nitrogens with one attached hydrogen (secondary N) is 1. The average Bonchev–Trinajstić information content (AvgIpc) is 3.68. The molecule has 1 aliphatic carbocycles. The van der Waals surface area contributed by atoms with Crippen molar-refractivity contribution in [3.8, 4) is 11.5 Å². The normalized spacial score (nSPS) is 20.4. The van der Waals surface area contributed by atoms with E-state index in [0.717, 1.165) is 34.0 Å². The first-order valence-electron chi connectivity index (χ1n) is 12.8. The lowest BCUT2D eigenvalue weighted by atomic mass is 9.82. The lowest BCUT2D eigenvalue weighted by molar-refractivity contribution is -0.129. The summed E-state index contributed by atoms with van der Waals surface area (Å²) in [6, 6.07) is 23.1. The van der Waals surface area contributed by atoms with Crippen molar-refractivity contribution in [2.24, 2.45) is 4.99 Å². The maximum atomic E-state index is 14.1. The van der Waals surface area contributed by atoms with Gasteiger partial charge in [0.1, 0.15) is 11.5 Å². The molecule has 1 heterocycles. The number of ether oxygens (including phenoxy) is 3. The van der Waals surface area contributed by atoms with E-state index in [9.17, 15) is 4.79 Å². The fraction of sp³-hybridized carbons (Fsp3) is 0.333. The van der Waals surface area contributed by atoms with Crippen molar-refractivity contribution in [3.63, 3.8) is 0 Å². The van der Waals surface area contributed by atoms with E-state index in [1.807, 2.05) is 72.8 Å². The summed E-state index contributed by atoms with van der Waals surface area (Å²) in [7, 11) is 1.62. The number of nitrogens with zero attached hydrogens (tertiary/aromatic N) is 1. The Balaban J connectivity index is 1.57. The monoisotopic (exact) mass is 578 g/mol. The van der Waals surface area contributed by atoms with Gasteiger partial charge >= 0.3 is 0 Å². The maximum Gasteiger partial charge on any atom is 0.252 e. The number of methoxy groups -OCH3 is 1. The Morgan fingerprint density at radius 1 is 1.11 bits per heavy atom. The molecule has 1 amide bonds. The zero-order valence-corrected chi connectivity index (χ0v) is 22.8. The van der Waals surface area contributed by atoms with Crippen LogP contribution in [0.5, 0.6) is 11.5 Å². The molecular formula is C30H31BrN2O5. The summed E-state index contributed by atoms with van der Waals surface area (Å²) in [4.78, 5) is 19.1. The number of halogens is 1. The van der Waals surface area contributed by atoms with Crippen molar-refractivity contribution in [2.75, 3.05) is 20.3 Å². The first-order valence-corrected chi connectivity index (χ1v) is 13.6. The molecule has 0 saturated heterocycles. The van der Waals surface area contributed by atoms with Crippen molar-refractivity contribution >= 4 is 27.7 Å². The Bertz CT molecular complexity index is 1310. The van der Waals surface area contributed by atoms with E-state index in [2.05, 4.69) is 21.2 Å². The fourth-order valence-corrected chi connectivity index (χ4v) is 4.98. The van der Waals surface area contributed by atoms with Crippen LogP contribution < -0.4 is 14.8 Å². The number of carbonyl (C=O) groups excluding carboxylic acids is 1. The van der Waals surface area contributed by atoms with E-state index in [4.69, 9.17) is 24.3 Å². The Hall–Kier alpha value is -3.36. The van der Waals surface area contributed by atoms with Gasteiger partial charge in [0, 0.05) is 35.5 Å². The third kappa shape index (κ3) is 5.71. The van der Waals surface area contributed by atoms with E-state index < -0.39 is 11.6 Å². The van der Waals surface area contributed by atoms with Crippen LogP contribution in [0.15, 0.2) is 82.3 Å². The summed E-state index contributed by atoms with van der Waals surface area (Å²) in [6.07, 6.45) is 2.18. The Kier molecular flexibility index (Phi) is 8.00. The largest absolute Gasteiger partial charge is 0.497 e. The number of benzene rings is 3. The molecule has 2 atom stereocenters. The second-order valence-electron chi connectivity index (χ2n) is 9.58. The van der Waals surface area contributed by atoms with Crippen LogP contribution in [0.1, 0.15) is 42.1 Å². The number of carbonyl (C=O) groups is 1. The Morgan fingerprint density at radius 2 is 1.89 bits per heavy atom. The second-order valence-corrected chi connectivity index (χ2v) is 10.4. The quantitative estimate of drug-likeness (QED) is 0.313. The number of aliphatic hydroxyl groups is 1. The van der Waals surface area contributed by atoms with Crippen LogP contribution in [0.4, 0.5) is 0 Å². The van der Waals surface area contributed by atoms with Crippen molar-refractivity contribution in [3.05, 3.63) is 94.0 Å². The average molecular weight is 579 g/mol. The minimum Gasteiger partial charge on any atom is -0.497 e. The molecule has 2 N–H and O–H groups in total. The lowest BCUT2D eigenvalue weighted by Gasteiger charge is -2.31. The zero-order chi connectivity index (χ0) is 26.5. The van der Waals surface area contributed by atoms with Gasteiger partial charge in [-0.25, -0.2) is 4.99 Å². The van der Waals surface area contributed by atoms with E-state index in [1.54, 1.807) is 7.11 Å². The number of amides is 1. The van der Waals surface area contributed by atoms with E-state index in [1.165, 1.54) is 0 Å². The molecule has 198 valence electrons. The number of rotatable bonds is 11.